The zero-order chi connectivity index (χ0) is 13.6. The summed E-state index contributed by atoms with van der Waals surface area (Å²) in [4.78, 5) is 0. The van der Waals surface area contributed by atoms with Crippen molar-refractivity contribution in [1.82, 2.24) is 5.32 Å². The lowest BCUT2D eigenvalue weighted by atomic mass is 10.1. The number of benzene rings is 1. The maximum absolute atomic E-state index is 10.1. The Hall–Kier alpha value is -0.770. The Morgan fingerprint density at radius 2 is 2.11 bits per heavy atom. The van der Waals surface area contributed by atoms with Crippen molar-refractivity contribution in [1.29, 1.82) is 0 Å². The number of aliphatic hydroxyl groups is 1. The Kier molecular flexibility index (Phi) is 5.93. The van der Waals surface area contributed by atoms with Crippen LogP contribution in [-0.4, -0.2) is 30.4 Å². The summed E-state index contributed by atoms with van der Waals surface area (Å²) in [6.45, 7) is 7.40. The van der Waals surface area contributed by atoms with Crippen molar-refractivity contribution in [3.63, 3.8) is 0 Å². The third-order valence-corrected chi connectivity index (χ3v) is 3.07. The number of aryl methyl sites for hydroxylation is 1. The minimum absolute atomic E-state index is 0.255. The number of hydrogen-bond acceptors (Lipinski definition) is 3. The first-order valence-corrected chi connectivity index (χ1v) is 6.70. The molecule has 0 fully saturated rings. The summed E-state index contributed by atoms with van der Waals surface area (Å²) in [6, 6.07) is 5.57. The van der Waals surface area contributed by atoms with Gasteiger partial charge >= 0.3 is 0 Å². The van der Waals surface area contributed by atoms with Gasteiger partial charge in [-0.1, -0.05) is 25.4 Å². The van der Waals surface area contributed by atoms with E-state index in [0.717, 1.165) is 29.3 Å². The third kappa shape index (κ3) is 4.84. The normalized spacial score (nSPS) is 14.3. The Labute approximate surface area is 114 Å². The predicted molar refractivity (Wildman–Crippen MR) is 75.5 cm³/mol. The first kappa shape index (κ1) is 15.3. The molecule has 4 heteroatoms. The minimum atomic E-state index is -0.873. The molecule has 0 aliphatic rings. The van der Waals surface area contributed by atoms with Crippen LogP contribution in [0.5, 0.6) is 5.75 Å². The molecule has 0 aliphatic carbocycles. The van der Waals surface area contributed by atoms with Gasteiger partial charge in [0.15, 0.2) is 0 Å². The van der Waals surface area contributed by atoms with E-state index < -0.39 is 5.60 Å². The Bertz CT molecular complexity index is 380. The second-order valence-corrected chi connectivity index (χ2v) is 5.08. The van der Waals surface area contributed by atoms with Crippen molar-refractivity contribution >= 4 is 11.6 Å². The van der Waals surface area contributed by atoms with E-state index in [2.05, 4.69) is 5.32 Å². The zero-order valence-electron chi connectivity index (χ0n) is 11.3. The largest absolute Gasteiger partial charge is 0.491 e. The van der Waals surface area contributed by atoms with Crippen LogP contribution < -0.4 is 10.1 Å². The quantitative estimate of drug-likeness (QED) is 0.801. The molecule has 0 aromatic heterocycles. The van der Waals surface area contributed by atoms with E-state index in [1.165, 1.54) is 0 Å². The molecule has 18 heavy (non-hydrogen) atoms. The van der Waals surface area contributed by atoms with Crippen LogP contribution >= 0.6 is 11.6 Å². The second-order valence-electron chi connectivity index (χ2n) is 4.67. The van der Waals surface area contributed by atoms with E-state index in [1.807, 2.05) is 32.0 Å². The fraction of sp³-hybridized carbons (Fsp3) is 0.571. The summed E-state index contributed by atoms with van der Waals surface area (Å²) in [7, 11) is 0. The molecule has 2 N–H and O–H groups in total. The summed E-state index contributed by atoms with van der Waals surface area (Å²) < 4.78 is 5.62. The average molecular weight is 272 g/mol. The Morgan fingerprint density at radius 3 is 2.72 bits per heavy atom. The van der Waals surface area contributed by atoms with Crippen LogP contribution in [0.25, 0.3) is 0 Å². The fourth-order valence-corrected chi connectivity index (χ4v) is 1.85. The summed E-state index contributed by atoms with van der Waals surface area (Å²) in [5.74, 6) is 0.744. The monoisotopic (exact) mass is 271 g/mol. The van der Waals surface area contributed by atoms with Crippen LogP contribution in [0.1, 0.15) is 26.3 Å². The van der Waals surface area contributed by atoms with Crippen LogP contribution in [0.15, 0.2) is 18.2 Å². The predicted octanol–water partition coefficient (Wildman–Crippen LogP) is 2.64. The SMILES string of the molecule is CCNCC(C)(O)COc1ccc(Cl)c(CC)c1. The number of halogens is 1. The van der Waals surface area contributed by atoms with Gasteiger partial charge in [-0.05, 0) is 43.7 Å². The van der Waals surface area contributed by atoms with E-state index in [1.54, 1.807) is 6.92 Å². The maximum atomic E-state index is 10.1. The van der Waals surface area contributed by atoms with Crippen molar-refractivity contribution in [3.8, 4) is 5.75 Å². The van der Waals surface area contributed by atoms with Gasteiger partial charge in [-0.25, -0.2) is 0 Å². The highest BCUT2D eigenvalue weighted by atomic mass is 35.5. The molecular weight excluding hydrogens is 250 g/mol. The second kappa shape index (κ2) is 6.98. The van der Waals surface area contributed by atoms with Gasteiger partial charge in [0.05, 0.1) is 0 Å². The molecule has 0 saturated carbocycles. The molecule has 0 saturated heterocycles. The highest BCUT2D eigenvalue weighted by Crippen LogP contribution is 2.23. The van der Waals surface area contributed by atoms with E-state index in [9.17, 15) is 5.11 Å². The lowest BCUT2D eigenvalue weighted by molar-refractivity contribution is 0.0127. The minimum Gasteiger partial charge on any atom is -0.491 e. The molecule has 1 rings (SSSR count). The van der Waals surface area contributed by atoms with Gasteiger partial charge in [0.2, 0.25) is 0 Å². The third-order valence-electron chi connectivity index (χ3n) is 2.70. The fourth-order valence-electron chi connectivity index (χ4n) is 1.60. The molecule has 0 aliphatic heterocycles. The van der Waals surface area contributed by atoms with Gasteiger partial charge in [0.1, 0.15) is 18.0 Å². The first-order chi connectivity index (χ1) is 8.48. The molecule has 3 nitrogen and oxygen atoms in total. The summed E-state index contributed by atoms with van der Waals surface area (Å²) >= 11 is 6.04. The summed E-state index contributed by atoms with van der Waals surface area (Å²) in [6.07, 6.45) is 0.865. The smallest absolute Gasteiger partial charge is 0.119 e. The van der Waals surface area contributed by atoms with E-state index in [-0.39, 0.29) is 6.61 Å². The van der Waals surface area contributed by atoms with Crippen molar-refractivity contribution in [2.75, 3.05) is 19.7 Å². The summed E-state index contributed by atoms with van der Waals surface area (Å²) in [5.41, 5.74) is 0.183. The number of rotatable bonds is 7. The standard InChI is InChI=1S/C14H22ClNO2/c1-4-11-8-12(6-7-13(11)15)18-10-14(3,17)9-16-5-2/h6-8,16-17H,4-5,9-10H2,1-3H3. The van der Waals surface area contributed by atoms with Crippen LogP contribution in [0.3, 0.4) is 0 Å². The Balaban J connectivity index is 2.57. The Morgan fingerprint density at radius 1 is 1.39 bits per heavy atom. The molecule has 102 valence electrons. The van der Waals surface area contributed by atoms with Gasteiger partial charge in [0, 0.05) is 11.6 Å². The molecule has 1 aromatic rings. The number of likely N-dealkylation sites (N-methyl/N-ethyl adjacent to an activating group) is 1. The summed E-state index contributed by atoms with van der Waals surface area (Å²) in [5, 5.41) is 13.9. The number of hydrogen-bond donors (Lipinski definition) is 2. The van der Waals surface area contributed by atoms with Crippen LogP contribution in [-0.2, 0) is 6.42 Å². The molecule has 0 spiro atoms. The maximum Gasteiger partial charge on any atom is 0.119 e. The van der Waals surface area contributed by atoms with Gasteiger partial charge in [-0.3, -0.25) is 0 Å². The molecule has 0 heterocycles. The lowest BCUT2D eigenvalue weighted by Crippen LogP contribution is -2.42. The van der Waals surface area contributed by atoms with E-state index in [0.29, 0.717) is 6.54 Å². The highest BCUT2D eigenvalue weighted by Gasteiger charge is 2.20. The lowest BCUT2D eigenvalue weighted by Gasteiger charge is -2.23. The van der Waals surface area contributed by atoms with Crippen LogP contribution in [0.2, 0.25) is 5.02 Å². The molecule has 1 aromatic carbocycles. The van der Waals surface area contributed by atoms with Gasteiger partial charge in [0.25, 0.3) is 0 Å². The first-order valence-electron chi connectivity index (χ1n) is 6.33. The number of nitrogens with one attached hydrogen (secondary N) is 1. The number of ether oxygens (including phenoxy) is 1. The topological polar surface area (TPSA) is 41.5 Å². The van der Waals surface area contributed by atoms with E-state index in [4.69, 9.17) is 16.3 Å². The highest BCUT2D eigenvalue weighted by molar-refractivity contribution is 6.31. The molecule has 0 radical (unpaired) electrons. The molecule has 1 atom stereocenters. The van der Waals surface area contributed by atoms with Crippen molar-refractivity contribution < 1.29 is 9.84 Å². The molecule has 0 bridgehead atoms. The molecular formula is C14H22ClNO2. The van der Waals surface area contributed by atoms with Crippen molar-refractivity contribution in [3.05, 3.63) is 28.8 Å². The van der Waals surface area contributed by atoms with Gasteiger partial charge < -0.3 is 15.2 Å². The van der Waals surface area contributed by atoms with Crippen LogP contribution in [0, 0.1) is 0 Å². The van der Waals surface area contributed by atoms with Crippen molar-refractivity contribution in [2.45, 2.75) is 32.8 Å². The molecule has 0 amide bonds. The van der Waals surface area contributed by atoms with E-state index >= 15 is 0 Å². The van der Waals surface area contributed by atoms with Crippen molar-refractivity contribution in [2.24, 2.45) is 0 Å². The average Bonchev–Trinajstić information content (AvgIpc) is 2.35. The van der Waals surface area contributed by atoms with Crippen LogP contribution in [0.4, 0.5) is 0 Å². The molecule has 1 unspecified atom stereocenters. The van der Waals surface area contributed by atoms with Gasteiger partial charge in [-0.2, -0.15) is 0 Å². The van der Waals surface area contributed by atoms with Gasteiger partial charge in [-0.15, -0.1) is 0 Å². The zero-order valence-corrected chi connectivity index (χ0v) is 12.0.